The second-order valence-corrected chi connectivity index (χ2v) is 4.18. The number of rotatable bonds is 5. The van der Waals surface area contributed by atoms with Gasteiger partial charge in [-0.2, -0.15) is 0 Å². The van der Waals surface area contributed by atoms with E-state index in [1.54, 1.807) is 0 Å². The van der Waals surface area contributed by atoms with E-state index in [0.717, 1.165) is 13.0 Å². The van der Waals surface area contributed by atoms with Crippen LogP contribution in [-0.2, 0) is 0 Å². The van der Waals surface area contributed by atoms with Gasteiger partial charge in [-0.05, 0) is 24.7 Å². The molecule has 0 aromatic rings. The first-order valence-corrected chi connectivity index (χ1v) is 5.23. The molecule has 1 saturated carbocycles. The van der Waals surface area contributed by atoms with Crippen molar-refractivity contribution in [3.63, 3.8) is 0 Å². The predicted octanol–water partition coefficient (Wildman–Crippen LogP) is 0.365. The molecular weight excluding hydrogens is 166 g/mol. The number of hydrogen-bond donors (Lipinski definition) is 3. The van der Waals surface area contributed by atoms with E-state index in [-0.39, 0.29) is 6.61 Å². The molecule has 13 heavy (non-hydrogen) atoms. The fourth-order valence-corrected chi connectivity index (χ4v) is 1.94. The highest BCUT2D eigenvalue weighted by Crippen LogP contribution is 2.24. The predicted molar refractivity (Wildman–Crippen MR) is 52.5 cm³/mol. The first kappa shape index (κ1) is 11.0. The van der Waals surface area contributed by atoms with Crippen molar-refractivity contribution in [2.75, 3.05) is 19.8 Å². The van der Waals surface area contributed by atoms with Gasteiger partial charge in [0.2, 0.25) is 0 Å². The van der Waals surface area contributed by atoms with Crippen LogP contribution in [0, 0.1) is 11.8 Å². The summed E-state index contributed by atoms with van der Waals surface area (Å²) < 4.78 is 0. The Bertz CT molecular complexity index is 141. The minimum absolute atomic E-state index is 0.240. The van der Waals surface area contributed by atoms with Crippen molar-refractivity contribution in [3.05, 3.63) is 0 Å². The van der Waals surface area contributed by atoms with Crippen LogP contribution in [-0.4, -0.2) is 36.0 Å². The quantitative estimate of drug-likeness (QED) is 0.582. The monoisotopic (exact) mass is 187 g/mol. The van der Waals surface area contributed by atoms with Gasteiger partial charge in [0.15, 0.2) is 0 Å². The van der Waals surface area contributed by atoms with Crippen LogP contribution in [0.5, 0.6) is 0 Å². The molecule has 3 heteroatoms. The summed E-state index contributed by atoms with van der Waals surface area (Å²) in [5, 5.41) is 21.3. The lowest BCUT2D eigenvalue weighted by Crippen LogP contribution is -2.37. The van der Waals surface area contributed by atoms with Gasteiger partial charge in [-0.3, -0.25) is 0 Å². The summed E-state index contributed by atoms with van der Waals surface area (Å²) in [6.07, 6.45) is 3.53. The molecule has 0 radical (unpaired) electrons. The summed E-state index contributed by atoms with van der Waals surface area (Å²) >= 11 is 0. The van der Waals surface area contributed by atoms with E-state index in [0.29, 0.717) is 24.5 Å². The van der Waals surface area contributed by atoms with Crippen molar-refractivity contribution < 1.29 is 10.2 Å². The van der Waals surface area contributed by atoms with Crippen LogP contribution in [0.4, 0.5) is 0 Å². The largest absolute Gasteiger partial charge is 0.396 e. The summed E-state index contributed by atoms with van der Waals surface area (Å²) in [6, 6.07) is 0.471. The molecule has 0 saturated heterocycles. The van der Waals surface area contributed by atoms with E-state index >= 15 is 0 Å². The molecule has 1 rings (SSSR count). The Balaban J connectivity index is 2.19. The number of aliphatic hydroxyl groups excluding tert-OH is 2. The van der Waals surface area contributed by atoms with Crippen molar-refractivity contribution in [1.29, 1.82) is 0 Å². The van der Waals surface area contributed by atoms with Crippen molar-refractivity contribution in [1.82, 2.24) is 5.32 Å². The Morgan fingerprint density at radius 2 is 2.15 bits per heavy atom. The molecule has 0 aliphatic heterocycles. The van der Waals surface area contributed by atoms with Crippen LogP contribution in [0.3, 0.4) is 0 Å². The molecule has 1 aliphatic rings. The Kier molecular flexibility index (Phi) is 4.70. The van der Waals surface area contributed by atoms with Crippen molar-refractivity contribution in [2.24, 2.45) is 11.8 Å². The third kappa shape index (κ3) is 3.25. The SMILES string of the molecule is CC(CO)CNC1CCCC1CO. The Hall–Kier alpha value is -0.120. The first-order valence-electron chi connectivity index (χ1n) is 5.23. The summed E-state index contributed by atoms with van der Waals surface area (Å²) in [6.45, 7) is 3.42. The molecule has 3 N–H and O–H groups in total. The van der Waals surface area contributed by atoms with Gasteiger partial charge < -0.3 is 15.5 Å². The zero-order chi connectivity index (χ0) is 9.68. The summed E-state index contributed by atoms with van der Waals surface area (Å²) in [5.41, 5.74) is 0. The summed E-state index contributed by atoms with van der Waals surface area (Å²) in [7, 11) is 0. The highest BCUT2D eigenvalue weighted by Gasteiger charge is 2.25. The van der Waals surface area contributed by atoms with E-state index < -0.39 is 0 Å². The first-order chi connectivity index (χ1) is 6.27. The Morgan fingerprint density at radius 3 is 2.77 bits per heavy atom. The Morgan fingerprint density at radius 1 is 1.38 bits per heavy atom. The molecule has 0 aromatic carbocycles. The van der Waals surface area contributed by atoms with E-state index in [9.17, 15) is 0 Å². The van der Waals surface area contributed by atoms with Crippen LogP contribution in [0.15, 0.2) is 0 Å². The molecule has 0 aromatic heterocycles. The van der Waals surface area contributed by atoms with Crippen LogP contribution >= 0.6 is 0 Å². The highest BCUT2D eigenvalue weighted by atomic mass is 16.3. The van der Waals surface area contributed by atoms with Gasteiger partial charge >= 0.3 is 0 Å². The second kappa shape index (κ2) is 5.58. The van der Waals surface area contributed by atoms with E-state index in [1.165, 1.54) is 12.8 Å². The fourth-order valence-electron chi connectivity index (χ4n) is 1.94. The smallest absolute Gasteiger partial charge is 0.0474 e. The second-order valence-electron chi connectivity index (χ2n) is 4.18. The third-order valence-electron chi connectivity index (χ3n) is 2.93. The minimum Gasteiger partial charge on any atom is -0.396 e. The molecule has 0 heterocycles. The molecule has 3 atom stereocenters. The number of nitrogens with one attached hydrogen (secondary N) is 1. The van der Waals surface area contributed by atoms with Gasteiger partial charge in [-0.15, -0.1) is 0 Å². The van der Waals surface area contributed by atoms with Crippen molar-refractivity contribution in [3.8, 4) is 0 Å². The van der Waals surface area contributed by atoms with Gasteiger partial charge in [-0.1, -0.05) is 13.3 Å². The topological polar surface area (TPSA) is 52.5 Å². The van der Waals surface area contributed by atoms with Crippen LogP contribution in [0.2, 0.25) is 0 Å². The fraction of sp³-hybridized carbons (Fsp3) is 1.00. The molecule has 78 valence electrons. The van der Waals surface area contributed by atoms with Gasteiger partial charge in [0.1, 0.15) is 0 Å². The van der Waals surface area contributed by atoms with E-state index in [1.807, 2.05) is 6.92 Å². The number of aliphatic hydroxyl groups is 2. The van der Waals surface area contributed by atoms with E-state index in [4.69, 9.17) is 10.2 Å². The lowest BCUT2D eigenvalue weighted by atomic mass is 10.0. The molecule has 0 amide bonds. The Labute approximate surface area is 80.2 Å². The van der Waals surface area contributed by atoms with Crippen LogP contribution in [0.25, 0.3) is 0 Å². The lowest BCUT2D eigenvalue weighted by molar-refractivity contribution is 0.192. The zero-order valence-electron chi connectivity index (χ0n) is 8.37. The average molecular weight is 187 g/mol. The maximum absolute atomic E-state index is 9.07. The standard InChI is InChI=1S/C10H21NO2/c1-8(6-12)5-11-10-4-2-3-9(10)7-13/h8-13H,2-7H2,1H3. The molecule has 1 aliphatic carbocycles. The van der Waals surface area contributed by atoms with Crippen LogP contribution in [0.1, 0.15) is 26.2 Å². The summed E-state index contributed by atoms with van der Waals surface area (Å²) in [4.78, 5) is 0. The number of hydrogen-bond acceptors (Lipinski definition) is 3. The maximum Gasteiger partial charge on any atom is 0.0474 e. The lowest BCUT2D eigenvalue weighted by Gasteiger charge is -2.20. The normalized spacial score (nSPS) is 30.7. The minimum atomic E-state index is 0.240. The molecule has 1 fully saturated rings. The molecule has 3 unspecified atom stereocenters. The van der Waals surface area contributed by atoms with Gasteiger partial charge in [-0.25, -0.2) is 0 Å². The van der Waals surface area contributed by atoms with Crippen molar-refractivity contribution >= 4 is 0 Å². The molecule has 0 spiro atoms. The molecule has 0 bridgehead atoms. The van der Waals surface area contributed by atoms with Gasteiger partial charge in [0, 0.05) is 25.8 Å². The van der Waals surface area contributed by atoms with E-state index in [2.05, 4.69) is 5.32 Å². The third-order valence-corrected chi connectivity index (χ3v) is 2.93. The maximum atomic E-state index is 9.07. The average Bonchev–Trinajstić information content (AvgIpc) is 2.61. The van der Waals surface area contributed by atoms with Crippen molar-refractivity contribution in [2.45, 2.75) is 32.2 Å². The van der Waals surface area contributed by atoms with Gasteiger partial charge in [0.05, 0.1) is 0 Å². The highest BCUT2D eigenvalue weighted by molar-refractivity contribution is 4.82. The van der Waals surface area contributed by atoms with Gasteiger partial charge in [0.25, 0.3) is 0 Å². The molecular formula is C10H21NO2. The molecule has 3 nitrogen and oxygen atoms in total. The summed E-state index contributed by atoms with van der Waals surface area (Å²) in [5.74, 6) is 0.755. The van der Waals surface area contributed by atoms with Crippen LogP contribution < -0.4 is 5.32 Å². The zero-order valence-corrected chi connectivity index (χ0v) is 8.37.